The Balaban J connectivity index is 1.45. The molecule has 1 atom stereocenters. The molecule has 1 unspecified atom stereocenters. The molecule has 41 heavy (non-hydrogen) atoms. The number of aryl methyl sites for hydroxylation is 1. The first-order chi connectivity index (χ1) is 19.9. The second-order valence-electron chi connectivity index (χ2n) is 9.86. The van der Waals surface area contributed by atoms with Gasteiger partial charge in [-0.15, -0.1) is 0 Å². The summed E-state index contributed by atoms with van der Waals surface area (Å²) in [5.41, 5.74) is 12.3. The summed E-state index contributed by atoms with van der Waals surface area (Å²) in [7, 11) is 3.23. The van der Waals surface area contributed by atoms with Gasteiger partial charge in [0.1, 0.15) is 12.0 Å². The molecule has 9 nitrogen and oxygen atoms in total. The molecular weight excluding hydrogens is 544 g/mol. The number of carbonyl (C=O) groups is 1. The Morgan fingerprint density at radius 2 is 1.93 bits per heavy atom. The van der Waals surface area contributed by atoms with E-state index in [0.717, 1.165) is 27.8 Å². The predicted octanol–water partition coefficient (Wildman–Crippen LogP) is 5.71. The highest BCUT2D eigenvalue weighted by atomic mass is 35.5. The fourth-order valence-corrected chi connectivity index (χ4v) is 5.41. The number of aromatic nitrogens is 1. The number of carbonyl (C=O) groups excluding carboxylic acids is 1. The minimum atomic E-state index is -0.358. The third kappa shape index (κ3) is 6.20. The fourth-order valence-electron chi connectivity index (χ4n) is 5.18. The number of oxazole rings is 1. The number of rotatable bonds is 9. The number of anilines is 1. The highest BCUT2D eigenvalue weighted by Crippen LogP contribution is 2.42. The number of amides is 2. The second-order valence-corrected chi connectivity index (χ2v) is 10.3. The van der Waals surface area contributed by atoms with Crippen LogP contribution in [0.2, 0.25) is 5.02 Å². The van der Waals surface area contributed by atoms with Gasteiger partial charge in [-0.3, -0.25) is 0 Å². The van der Waals surface area contributed by atoms with E-state index in [4.69, 9.17) is 36.0 Å². The molecule has 3 N–H and O–H groups in total. The summed E-state index contributed by atoms with van der Waals surface area (Å²) in [5.74, 6) is 1.89. The van der Waals surface area contributed by atoms with Crippen LogP contribution in [-0.4, -0.2) is 43.3 Å². The van der Waals surface area contributed by atoms with Gasteiger partial charge in [0.05, 0.1) is 44.8 Å². The topological polar surface area (TPSA) is 112 Å². The summed E-state index contributed by atoms with van der Waals surface area (Å²) in [5, 5.41) is 3.62. The monoisotopic (exact) mass is 576 g/mol. The van der Waals surface area contributed by atoms with Gasteiger partial charge in [0.2, 0.25) is 0 Å². The van der Waals surface area contributed by atoms with Crippen molar-refractivity contribution >= 4 is 23.3 Å². The molecule has 0 radical (unpaired) electrons. The Kier molecular flexibility index (Phi) is 8.54. The van der Waals surface area contributed by atoms with Crippen molar-refractivity contribution in [1.29, 1.82) is 0 Å². The van der Waals surface area contributed by atoms with E-state index in [1.807, 2.05) is 60.4 Å². The molecule has 1 aliphatic rings. The number of fused-ring (bicyclic) bond motifs is 1. The Labute approximate surface area is 244 Å². The summed E-state index contributed by atoms with van der Waals surface area (Å²) in [6.45, 7) is 3.20. The number of nitrogens with one attached hydrogen (secondary N) is 1. The van der Waals surface area contributed by atoms with Crippen LogP contribution in [0.3, 0.4) is 0 Å². The fraction of sp³-hybridized carbons (Fsp3) is 0.290. The Morgan fingerprint density at radius 1 is 1.10 bits per heavy atom. The van der Waals surface area contributed by atoms with Crippen LogP contribution < -0.4 is 25.3 Å². The number of benzene rings is 3. The normalized spacial score (nSPS) is 14.3. The molecule has 4 aromatic rings. The van der Waals surface area contributed by atoms with Crippen molar-refractivity contribution in [1.82, 2.24) is 15.2 Å². The quantitative estimate of drug-likeness (QED) is 0.245. The lowest BCUT2D eigenvalue weighted by Gasteiger charge is -2.38. The maximum absolute atomic E-state index is 13.5. The van der Waals surface area contributed by atoms with Gasteiger partial charge in [-0.25, -0.2) is 9.78 Å². The summed E-state index contributed by atoms with van der Waals surface area (Å²) >= 11 is 6.30. The van der Waals surface area contributed by atoms with Gasteiger partial charge in [0, 0.05) is 18.0 Å². The van der Waals surface area contributed by atoms with Gasteiger partial charge in [-0.2, -0.15) is 0 Å². The number of ether oxygens (including phenoxy) is 3. The van der Waals surface area contributed by atoms with Crippen molar-refractivity contribution in [2.24, 2.45) is 0 Å². The predicted molar refractivity (Wildman–Crippen MR) is 157 cm³/mol. The molecule has 0 spiro atoms. The number of nitrogens with two attached hydrogens (primary N) is 1. The Hall–Kier alpha value is -4.37. The lowest BCUT2D eigenvalue weighted by Crippen LogP contribution is -2.46. The average Bonchev–Trinajstić information content (AvgIpc) is 3.50. The summed E-state index contributed by atoms with van der Waals surface area (Å²) in [4.78, 5) is 19.5. The summed E-state index contributed by atoms with van der Waals surface area (Å²) < 4.78 is 22.4. The minimum absolute atomic E-state index is 0.200. The number of nitrogen functional groups attached to an aromatic ring is 1. The van der Waals surface area contributed by atoms with Crippen LogP contribution >= 0.6 is 11.6 Å². The minimum Gasteiger partial charge on any atom is -0.495 e. The largest absolute Gasteiger partial charge is 0.495 e. The average molecular weight is 577 g/mol. The lowest BCUT2D eigenvalue weighted by molar-refractivity contribution is 0.179. The molecule has 5 rings (SSSR count). The van der Waals surface area contributed by atoms with Gasteiger partial charge in [-0.1, -0.05) is 23.7 Å². The van der Waals surface area contributed by atoms with Gasteiger partial charge < -0.3 is 34.6 Å². The Bertz CT molecular complexity index is 1530. The van der Waals surface area contributed by atoms with Crippen molar-refractivity contribution in [2.45, 2.75) is 32.4 Å². The van der Waals surface area contributed by atoms with E-state index in [0.29, 0.717) is 59.6 Å². The molecule has 2 amide bonds. The van der Waals surface area contributed by atoms with E-state index < -0.39 is 0 Å². The number of halogens is 1. The molecule has 0 saturated heterocycles. The van der Waals surface area contributed by atoms with Crippen LogP contribution in [0.15, 0.2) is 65.6 Å². The molecule has 3 aromatic carbocycles. The first kappa shape index (κ1) is 28.2. The molecule has 1 aromatic heterocycles. The molecular formula is C31H33ClN4O5. The highest BCUT2D eigenvalue weighted by Gasteiger charge is 2.34. The zero-order valence-electron chi connectivity index (χ0n) is 23.3. The van der Waals surface area contributed by atoms with E-state index >= 15 is 0 Å². The van der Waals surface area contributed by atoms with E-state index in [1.54, 1.807) is 14.2 Å². The van der Waals surface area contributed by atoms with Crippen LogP contribution in [0.4, 0.5) is 10.5 Å². The molecule has 0 fully saturated rings. The van der Waals surface area contributed by atoms with Crippen molar-refractivity contribution < 1.29 is 23.4 Å². The standard InChI is InChI=1S/C31H33ClN4O5/c1-19-12-22(32)5-6-24(19)30-25-15-29(41-11-9-20-4-7-26(33)27(13-20)38-2)28(39-3)14-21(25)8-10-36(30)31(37)34-16-23-17-40-18-35-23/h4-7,12-15,17-18,30H,8-11,16,33H2,1-3H3,(H,34,37). The Morgan fingerprint density at radius 3 is 2.66 bits per heavy atom. The smallest absolute Gasteiger partial charge is 0.318 e. The van der Waals surface area contributed by atoms with Crippen LogP contribution in [0, 0.1) is 6.92 Å². The van der Waals surface area contributed by atoms with E-state index in [9.17, 15) is 4.79 Å². The molecule has 0 aliphatic carbocycles. The SMILES string of the molecule is COc1cc(CCOc2cc3c(cc2OC)CCN(C(=O)NCc2cocn2)C3c2ccc(Cl)cc2C)ccc1N. The second kappa shape index (κ2) is 12.4. The third-order valence-corrected chi connectivity index (χ3v) is 7.53. The zero-order valence-corrected chi connectivity index (χ0v) is 24.0. The van der Waals surface area contributed by atoms with Gasteiger partial charge in [0.25, 0.3) is 0 Å². The number of hydrogen-bond acceptors (Lipinski definition) is 7. The van der Waals surface area contributed by atoms with Crippen molar-refractivity contribution in [3.8, 4) is 17.2 Å². The maximum atomic E-state index is 13.5. The molecule has 0 saturated carbocycles. The van der Waals surface area contributed by atoms with Crippen LogP contribution in [0.1, 0.15) is 39.6 Å². The molecule has 1 aliphatic heterocycles. The van der Waals surface area contributed by atoms with E-state index in [2.05, 4.69) is 10.3 Å². The van der Waals surface area contributed by atoms with Crippen LogP contribution in [0.25, 0.3) is 0 Å². The first-order valence-electron chi connectivity index (χ1n) is 13.3. The molecule has 0 bridgehead atoms. The number of nitrogens with zero attached hydrogens (tertiary/aromatic N) is 2. The summed E-state index contributed by atoms with van der Waals surface area (Å²) in [6.07, 6.45) is 4.17. The highest BCUT2D eigenvalue weighted by molar-refractivity contribution is 6.30. The number of hydrogen-bond donors (Lipinski definition) is 2. The number of urea groups is 1. The lowest BCUT2D eigenvalue weighted by atomic mass is 9.86. The van der Waals surface area contributed by atoms with Crippen LogP contribution in [-0.2, 0) is 19.4 Å². The first-order valence-corrected chi connectivity index (χ1v) is 13.7. The van der Waals surface area contributed by atoms with Crippen molar-refractivity contribution in [3.05, 3.63) is 99.7 Å². The number of methoxy groups -OCH3 is 2. The van der Waals surface area contributed by atoms with Crippen molar-refractivity contribution in [3.63, 3.8) is 0 Å². The zero-order chi connectivity index (χ0) is 28.9. The molecule has 10 heteroatoms. The van der Waals surface area contributed by atoms with Gasteiger partial charge >= 0.3 is 6.03 Å². The molecule has 2 heterocycles. The summed E-state index contributed by atoms with van der Waals surface area (Å²) in [6, 6.07) is 14.9. The maximum Gasteiger partial charge on any atom is 0.318 e. The van der Waals surface area contributed by atoms with Gasteiger partial charge in [-0.05, 0) is 77.6 Å². The van der Waals surface area contributed by atoms with Crippen molar-refractivity contribution in [2.75, 3.05) is 33.1 Å². The van der Waals surface area contributed by atoms with E-state index in [1.165, 1.54) is 12.7 Å². The molecule has 214 valence electrons. The van der Waals surface area contributed by atoms with Crippen LogP contribution in [0.5, 0.6) is 17.2 Å². The van der Waals surface area contributed by atoms with E-state index in [-0.39, 0.29) is 18.6 Å². The van der Waals surface area contributed by atoms with Gasteiger partial charge in [0.15, 0.2) is 17.9 Å². The third-order valence-electron chi connectivity index (χ3n) is 7.29.